The van der Waals surface area contributed by atoms with Crippen LogP contribution in [0.2, 0.25) is 0 Å². The third kappa shape index (κ3) is 5.74. The number of benzene rings is 1. The second-order valence-electron chi connectivity index (χ2n) is 6.40. The Morgan fingerprint density at radius 1 is 1.25 bits per heavy atom. The van der Waals surface area contributed by atoms with Crippen molar-refractivity contribution in [3.05, 3.63) is 35.4 Å². The maximum absolute atomic E-state index is 12.0. The van der Waals surface area contributed by atoms with Gasteiger partial charge in [0.15, 0.2) is 0 Å². The summed E-state index contributed by atoms with van der Waals surface area (Å²) < 4.78 is 0. The number of hydrogen-bond acceptors (Lipinski definition) is 2. The Kier molecular flexibility index (Phi) is 6.21. The molecule has 112 valence electrons. The minimum Gasteiger partial charge on any atom is -0.350 e. The average Bonchev–Trinajstić information content (AvgIpc) is 2.37. The molecule has 0 aromatic heterocycles. The Morgan fingerprint density at radius 2 is 1.85 bits per heavy atom. The van der Waals surface area contributed by atoms with Crippen molar-refractivity contribution in [1.29, 1.82) is 0 Å². The summed E-state index contributed by atoms with van der Waals surface area (Å²) in [5.74, 6) is 0.114. The van der Waals surface area contributed by atoms with Crippen LogP contribution in [-0.2, 0) is 4.79 Å². The summed E-state index contributed by atoms with van der Waals surface area (Å²) in [6, 6.07) is 8.34. The van der Waals surface area contributed by atoms with E-state index < -0.39 is 0 Å². The van der Waals surface area contributed by atoms with Crippen molar-refractivity contribution in [3.63, 3.8) is 0 Å². The van der Waals surface area contributed by atoms with E-state index in [9.17, 15) is 4.79 Å². The Morgan fingerprint density at radius 3 is 2.40 bits per heavy atom. The molecule has 1 rings (SSSR count). The largest absolute Gasteiger partial charge is 0.350 e. The van der Waals surface area contributed by atoms with E-state index in [1.807, 2.05) is 6.92 Å². The lowest BCUT2D eigenvalue weighted by atomic mass is 9.84. The Bertz CT molecular complexity index is 423. The molecule has 1 atom stereocenters. The number of amides is 1. The van der Waals surface area contributed by atoms with E-state index in [0.29, 0.717) is 13.0 Å². The molecule has 0 aliphatic carbocycles. The first-order valence-corrected chi connectivity index (χ1v) is 7.40. The molecule has 0 bridgehead atoms. The Balaban J connectivity index is 2.44. The van der Waals surface area contributed by atoms with Crippen molar-refractivity contribution in [2.24, 2.45) is 11.1 Å². The predicted molar refractivity (Wildman–Crippen MR) is 84.4 cm³/mol. The highest BCUT2D eigenvalue weighted by Gasteiger charge is 2.19. The molecule has 1 aromatic rings. The third-order valence-electron chi connectivity index (χ3n) is 3.80. The molecule has 20 heavy (non-hydrogen) atoms. The molecule has 0 aliphatic rings. The zero-order valence-electron chi connectivity index (χ0n) is 13.2. The van der Waals surface area contributed by atoms with Gasteiger partial charge in [0.1, 0.15) is 0 Å². The maximum Gasteiger partial charge on any atom is 0.220 e. The van der Waals surface area contributed by atoms with Crippen LogP contribution in [0.3, 0.4) is 0 Å². The van der Waals surface area contributed by atoms with Crippen molar-refractivity contribution < 1.29 is 4.79 Å². The molecule has 0 saturated heterocycles. The summed E-state index contributed by atoms with van der Waals surface area (Å²) in [7, 11) is 0. The van der Waals surface area contributed by atoms with E-state index in [2.05, 4.69) is 50.4 Å². The summed E-state index contributed by atoms with van der Waals surface area (Å²) in [6.07, 6.45) is 2.38. The monoisotopic (exact) mass is 276 g/mol. The molecule has 3 N–H and O–H groups in total. The van der Waals surface area contributed by atoms with E-state index in [4.69, 9.17) is 5.73 Å². The van der Waals surface area contributed by atoms with Gasteiger partial charge in [-0.15, -0.1) is 0 Å². The third-order valence-corrected chi connectivity index (χ3v) is 3.80. The quantitative estimate of drug-likeness (QED) is 0.802. The highest BCUT2D eigenvalue weighted by molar-refractivity contribution is 5.76. The van der Waals surface area contributed by atoms with E-state index in [0.717, 1.165) is 18.4 Å². The molecule has 0 radical (unpaired) electrons. The van der Waals surface area contributed by atoms with Gasteiger partial charge in [-0.05, 0) is 44.2 Å². The first kappa shape index (κ1) is 16.7. The van der Waals surface area contributed by atoms with Gasteiger partial charge in [-0.3, -0.25) is 4.79 Å². The lowest BCUT2D eigenvalue weighted by Crippen LogP contribution is -2.28. The van der Waals surface area contributed by atoms with Crippen molar-refractivity contribution >= 4 is 5.91 Å². The van der Waals surface area contributed by atoms with Gasteiger partial charge in [0.05, 0.1) is 6.04 Å². The van der Waals surface area contributed by atoms with Gasteiger partial charge in [0.2, 0.25) is 5.91 Å². The summed E-state index contributed by atoms with van der Waals surface area (Å²) in [4.78, 5) is 12.0. The lowest BCUT2D eigenvalue weighted by molar-refractivity contribution is -0.122. The van der Waals surface area contributed by atoms with Crippen molar-refractivity contribution in [2.75, 3.05) is 6.54 Å². The van der Waals surface area contributed by atoms with Gasteiger partial charge >= 0.3 is 0 Å². The van der Waals surface area contributed by atoms with Crippen LogP contribution in [0.4, 0.5) is 0 Å². The molecular formula is C17H28N2O. The van der Waals surface area contributed by atoms with Crippen molar-refractivity contribution in [2.45, 2.75) is 53.0 Å². The maximum atomic E-state index is 12.0. The molecule has 0 unspecified atom stereocenters. The fourth-order valence-electron chi connectivity index (χ4n) is 2.22. The van der Waals surface area contributed by atoms with Crippen LogP contribution in [0.15, 0.2) is 24.3 Å². The highest BCUT2D eigenvalue weighted by atomic mass is 16.1. The first-order chi connectivity index (χ1) is 9.34. The SMILES string of the molecule is Cc1ccc([C@@H](C)NC(=O)CCC(C)(C)CCN)cc1. The fourth-order valence-corrected chi connectivity index (χ4v) is 2.22. The lowest BCUT2D eigenvalue weighted by Gasteiger charge is -2.24. The number of nitrogens with one attached hydrogen (secondary N) is 1. The zero-order valence-corrected chi connectivity index (χ0v) is 13.2. The van der Waals surface area contributed by atoms with Crippen LogP contribution >= 0.6 is 0 Å². The topological polar surface area (TPSA) is 55.1 Å². The summed E-state index contributed by atoms with van der Waals surface area (Å²) in [6.45, 7) is 9.08. The van der Waals surface area contributed by atoms with Gasteiger partial charge in [-0.2, -0.15) is 0 Å². The minimum atomic E-state index is 0.0562. The molecule has 0 aliphatic heterocycles. The molecule has 0 saturated carbocycles. The number of carbonyl (C=O) groups is 1. The molecule has 1 aromatic carbocycles. The first-order valence-electron chi connectivity index (χ1n) is 7.40. The highest BCUT2D eigenvalue weighted by Crippen LogP contribution is 2.26. The number of hydrogen-bond donors (Lipinski definition) is 2. The fraction of sp³-hybridized carbons (Fsp3) is 0.588. The molecule has 0 heterocycles. The van der Waals surface area contributed by atoms with E-state index in [1.165, 1.54) is 5.56 Å². The van der Waals surface area contributed by atoms with Gasteiger partial charge in [-0.1, -0.05) is 43.7 Å². The van der Waals surface area contributed by atoms with Crippen LogP contribution in [0.5, 0.6) is 0 Å². The average molecular weight is 276 g/mol. The van der Waals surface area contributed by atoms with Crippen LogP contribution in [-0.4, -0.2) is 12.5 Å². The van der Waals surface area contributed by atoms with Crippen LogP contribution in [0, 0.1) is 12.3 Å². The molecule has 3 nitrogen and oxygen atoms in total. The predicted octanol–water partition coefficient (Wildman–Crippen LogP) is 3.33. The van der Waals surface area contributed by atoms with Crippen molar-refractivity contribution in [3.8, 4) is 0 Å². The smallest absolute Gasteiger partial charge is 0.220 e. The number of carbonyl (C=O) groups excluding carboxylic acids is 1. The second-order valence-corrected chi connectivity index (χ2v) is 6.40. The number of aryl methyl sites for hydroxylation is 1. The number of rotatable bonds is 7. The molecular weight excluding hydrogens is 248 g/mol. The van der Waals surface area contributed by atoms with Gasteiger partial charge < -0.3 is 11.1 Å². The van der Waals surface area contributed by atoms with Gasteiger partial charge in [-0.25, -0.2) is 0 Å². The normalized spacial score (nSPS) is 13.1. The van der Waals surface area contributed by atoms with Crippen LogP contribution in [0.25, 0.3) is 0 Å². The molecule has 0 fully saturated rings. The molecule has 0 spiro atoms. The summed E-state index contributed by atoms with van der Waals surface area (Å²) in [5, 5.41) is 3.06. The Hall–Kier alpha value is -1.35. The molecule has 3 heteroatoms. The summed E-state index contributed by atoms with van der Waals surface area (Å²) in [5.41, 5.74) is 8.10. The van der Waals surface area contributed by atoms with E-state index in [1.54, 1.807) is 0 Å². The van der Waals surface area contributed by atoms with Gasteiger partial charge in [0.25, 0.3) is 0 Å². The summed E-state index contributed by atoms with van der Waals surface area (Å²) >= 11 is 0. The van der Waals surface area contributed by atoms with Crippen molar-refractivity contribution in [1.82, 2.24) is 5.32 Å². The van der Waals surface area contributed by atoms with E-state index >= 15 is 0 Å². The second kappa shape index (κ2) is 7.44. The van der Waals surface area contributed by atoms with Crippen LogP contribution in [0.1, 0.15) is 57.2 Å². The minimum absolute atomic E-state index is 0.0562. The number of nitrogens with two attached hydrogens (primary N) is 1. The van der Waals surface area contributed by atoms with E-state index in [-0.39, 0.29) is 17.4 Å². The molecule has 1 amide bonds. The van der Waals surface area contributed by atoms with Gasteiger partial charge in [0, 0.05) is 6.42 Å². The standard InChI is InChI=1S/C17H28N2O/c1-13-5-7-15(8-6-13)14(2)19-16(20)9-10-17(3,4)11-12-18/h5-8,14H,9-12,18H2,1-4H3,(H,19,20)/t14-/m1/s1. The zero-order chi connectivity index (χ0) is 15.2. The Labute approximate surface area is 122 Å². The van der Waals surface area contributed by atoms with Crippen LogP contribution < -0.4 is 11.1 Å².